The number of nitrogens with two attached hydrogens (primary N) is 1. The maximum Gasteiger partial charge on any atom is 0.289 e. The Morgan fingerprint density at radius 3 is 2.28 bits per heavy atom. The Balaban J connectivity index is 1.51. The zero-order valence-electron chi connectivity index (χ0n) is 14.4. The van der Waals surface area contributed by atoms with Crippen molar-refractivity contribution >= 4 is 11.8 Å². The summed E-state index contributed by atoms with van der Waals surface area (Å²) in [5, 5.41) is 0. The topological polar surface area (TPSA) is 79.8 Å². The van der Waals surface area contributed by atoms with Gasteiger partial charge in [0.2, 0.25) is 5.91 Å². The SMILES string of the molecule is Cc1ccc(C(=O)N2CCN(C(=O)C[C@H](N)c3ccccc3)CC2)o1. The Morgan fingerprint density at radius 2 is 1.68 bits per heavy atom. The molecule has 1 atom stereocenters. The van der Waals surface area contributed by atoms with Gasteiger partial charge in [0.1, 0.15) is 5.76 Å². The molecule has 1 aromatic carbocycles. The number of hydrogen-bond acceptors (Lipinski definition) is 4. The summed E-state index contributed by atoms with van der Waals surface area (Å²) in [5.41, 5.74) is 7.09. The van der Waals surface area contributed by atoms with Crippen LogP contribution in [0.3, 0.4) is 0 Å². The zero-order valence-corrected chi connectivity index (χ0v) is 14.4. The van der Waals surface area contributed by atoms with E-state index < -0.39 is 0 Å². The summed E-state index contributed by atoms with van der Waals surface area (Å²) < 4.78 is 5.39. The lowest BCUT2D eigenvalue weighted by Gasteiger charge is -2.34. The number of nitrogens with zero attached hydrogens (tertiary/aromatic N) is 2. The number of hydrogen-bond donors (Lipinski definition) is 1. The molecule has 132 valence electrons. The predicted molar refractivity (Wildman–Crippen MR) is 93.9 cm³/mol. The van der Waals surface area contributed by atoms with Crippen LogP contribution in [0.1, 0.15) is 34.3 Å². The Kier molecular flexibility index (Phi) is 5.19. The highest BCUT2D eigenvalue weighted by atomic mass is 16.3. The maximum absolute atomic E-state index is 12.5. The molecule has 2 aromatic rings. The molecule has 3 rings (SSSR count). The molecule has 1 aliphatic rings. The molecule has 1 aliphatic heterocycles. The summed E-state index contributed by atoms with van der Waals surface area (Å²) in [6, 6.07) is 12.8. The molecular weight excluding hydrogens is 318 g/mol. The average Bonchev–Trinajstić information content (AvgIpc) is 3.08. The summed E-state index contributed by atoms with van der Waals surface area (Å²) >= 11 is 0. The van der Waals surface area contributed by atoms with Crippen molar-refractivity contribution in [3.63, 3.8) is 0 Å². The Bertz CT molecular complexity index is 733. The molecule has 0 aliphatic carbocycles. The van der Waals surface area contributed by atoms with Crippen molar-refractivity contribution < 1.29 is 14.0 Å². The monoisotopic (exact) mass is 341 g/mol. The van der Waals surface area contributed by atoms with Gasteiger partial charge < -0.3 is 20.0 Å². The van der Waals surface area contributed by atoms with Crippen LogP contribution in [0.15, 0.2) is 46.9 Å². The van der Waals surface area contributed by atoms with Gasteiger partial charge in [-0.1, -0.05) is 30.3 Å². The normalized spacial score (nSPS) is 15.9. The average molecular weight is 341 g/mol. The van der Waals surface area contributed by atoms with E-state index in [4.69, 9.17) is 10.2 Å². The lowest BCUT2D eigenvalue weighted by Crippen LogP contribution is -2.50. The minimum atomic E-state index is -0.306. The van der Waals surface area contributed by atoms with E-state index in [0.717, 1.165) is 5.56 Å². The first-order chi connectivity index (χ1) is 12.0. The molecule has 2 amide bonds. The number of furan rings is 1. The van der Waals surface area contributed by atoms with Crippen LogP contribution in [-0.4, -0.2) is 47.8 Å². The third-order valence-electron chi connectivity index (χ3n) is 4.49. The van der Waals surface area contributed by atoms with Crippen molar-refractivity contribution in [2.75, 3.05) is 26.2 Å². The molecule has 6 heteroatoms. The first kappa shape index (κ1) is 17.2. The van der Waals surface area contributed by atoms with Gasteiger partial charge >= 0.3 is 0 Å². The zero-order chi connectivity index (χ0) is 17.8. The van der Waals surface area contributed by atoms with Gasteiger partial charge in [-0.3, -0.25) is 9.59 Å². The van der Waals surface area contributed by atoms with Gasteiger partial charge in [0.05, 0.1) is 0 Å². The van der Waals surface area contributed by atoms with Crippen LogP contribution in [0.5, 0.6) is 0 Å². The molecule has 1 aromatic heterocycles. The third kappa shape index (κ3) is 4.09. The Hall–Kier alpha value is -2.60. The molecule has 2 N–H and O–H groups in total. The second-order valence-electron chi connectivity index (χ2n) is 6.30. The second kappa shape index (κ2) is 7.53. The fraction of sp³-hybridized carbons (Fsp3) is 0.368. The fourth-order valence-electron chi connectivity index (χ4n) is 3.00. The van der Waals surface area contributed by atoms with Gasteiger partial charge in [0.15, 0.2) is 5.76 Å². The van der Waals surface area contributed by atoms with Crippen molar-refractivity contribution in [2.24, 2.45) is 5.73 Å². The Labute approximate surface area is 147 Å². The predicted octanol–water partition coefficient (Wildman–Crippen LogP) is 1.96. The van der Waals surface area contributed by atoms with Crippen LogP contribution in [0, 0.1) is 6.92 Å². The smallest absolute Gasteiger partial charge is 0.289 e. The molecule has 0 bridgehead atoms. The van der Waals surface area contributed by atoms with Crippen LogP contribution in [-0.2, 0) is 4.79 Å². The van der Waals surface area contributed by atoms with Crippen molar-refractivity contribution in [3.8, 4) is 0 Å². The number of amides is 2. The number of aryl methyl sites for hydroxylation is 1. The standard InChI is InChI=1S/C19H23N3O3/c1-14-7-8-17(25-14)19(24)22-11-9-21(10-12-22)18(23)13-16(20)15-5-3-2-4-6-15/h2-8,16H,9-13,20H2,1H3/t16-/m0/s1. The first-order valence-electron chi connectivity index (χ1n) is 8.48. The third-order valence-corrected chi connectivity index (χ3v) is 4.49. The Morgan fingerprint density at radius 1 is 1.04 bits per heavy atom. The van der Waals surface area contributed by atoms with Gasteiger partial charge in [0, 0.05) is 38.6 Å². The molecule has 25 heavy (non-hydrogen) atoms. The summed E-state index contributed by atoms with van der Waals surface area (Å²) in [6.07, 6.45) is 0.273. The molecule has 1 fully saturated rings. The highest BCUT2D eigenvalue weighted by Crippen LogP contribution is 2.17. The highest BCUT2D eigenvalue weighted by molar-refractivity contribution is 5.91. The van der Waals surface area contributed by atoms with E-state index >= 15 is 0 Å². The van der Waals surface area contributed by atoms with Crippen LogP contribution in [0.25, 0.3) is 0 Å². The lowest BCUT2D eigenvalue weighted by molar-refractivity contribution is -0.133. The van der Waals surface area contributed by atoms with E-state index in [1.807, 2.05) is 37.3 Å². The summed E-state index contributed by atoms with van der Waals surface area (Å²) in [6.45, 7) is 3.86. The molecule has 0 radical (unpaired) electrons. The number of piperazine rings is 1. The van der Waals surface area contributed by atoms with Crippen LogP contribution < -0.4 is 5.73 Å². The summed E-state index contributed by atoms with van der Waals surface area (Å²) in [5.74, 6) is 0.967. The van der Waals surface area contributed by atoms with Gasteiger partial charge in [-0.15, -0.1) is 0 Å². The minimum absolute atomic E-state index is 0.0253. The molecule has 0 saturated carbocycles. The first-order valence-corrected chi connectivity index (χ1v) is 8.48. The largest absolute Gasteiger partial charge is 0.456 e. The van der Waals surface area contributed by atoms with E-state index in [0.29, 0.717) is 37.7 Å². The van der Waals surface area contributed by atoms with Crippen LogP contribution >= 0.6 is 0 Å². The summed E-state index contributed by atoms with van der Waals surface area (Å²) in [4.78, 5) is 28.3. The number of rotatable bonds is 4. The number of benzene rings is 1. The molecule has 1 saturated heterocycles. The minimum Gasteiger partial charge on any atom is -0.456 e. The van der Waals surface area contributed by atoms with Crippen molar-refractivity contribution in [2.45, 2.75) is 19.4 Å². The van der Waals surface area contributed by atoms with Crippen molar-refractivity contribution in [3.05, 3.63) is 59.5 Å². The molecular formula is C19H23N3O3. The van der Waals surface area contributed by atoms with E-state index in [1.165, 1.54) is 0 Å². The highest BCUT2D eigenvalue weighted by Gasteiger charge is 2.27. The van der Waals surface area contributed by atoms with Crippen LogP contribution in [0.4, 0.5) is 0 Å². The van der Waals surface area contributed by atoms with E-state index in [2.05, 4.69) is 0 Å². The van der Waals surface area contributed by atoms with E-state index in [1.54, 1.807) is 21.9 Å². The number of carbonyl (C=O) groups is 2. The second-order valence-corrected chi connectivity index (χ2v) is 6.30. The van der Waals surface area contributed by atoms with Gasteiger partial charge in [0.25, 0.3) is 5.91 Å². The lowest BCUT2D eigenvalue weighted by atomic mass is 10.0. The molecule has 0 unspecified atom stereocenters. The molecule has 0 spiro atoms. The van der Waals surface area contributed by atoms with Crippen LogP contribution in [0.2, 0.25) is 0 Å². The fourth-order valence-corrected chi connectivity index (χ4v) is 3.00. The molecule has 6 nitrogen and oxygen atoms in total. The van der Waals surface area contributed by atoms with Crippen molar-refractivity contribution in [1.29, 1.82) is 0 Å². The van der Waals surface area contributed by atoms with E-state index in [9.17, 15) is 9.59 Å². The molecule has 2 heterocycles. The van der Waals surface area contributed by atoms with Crippen molar-refractivity contribution in [1.82, 2.24) is 9.80 Å². The quantitative estimate of drug-likeness (QED) is 0.922. The summed E-state index contributed by atoms with van der Waals surface area (Å²) in [7, 11) is 0. The number of carbonyl (C=O) groups excluding carboxylic acids is 2. The van der Waals surface area contributed by atoms with Gasteiger partial charge in [-0.05, 0) is 24.6 Å². The maximum atomic E-state index is 12.5. The van der Waals surface area contributed by atoms with Gasteiger partial charge in [-0.25, -0.2) is 0 Å². The van der Waals surface area contributed by atoms with E-state index in [-0.39, 0.29) is 24.3 Å². The van der Waals surface area contributed by atoms with Gasteiger partial charge in [-0.2, -0.15) is 0 Å².